The molecule has 6 heteroatoms. The number of carboxylic acid groups (broad SMARTS) is 1. The molecule has 0 saturated heterocycles. The van der Waals surface area contributed by atoms with Crippen LogP contribution in [0.25, 0.3) is 0 Å². The Kier molecular flexibility index (Phi) is 3.46. The summed E-state index contributed by atoms with van der Waals surface area (Å²) in [6.07, 6.45) is 7.68. The zero-order valence-electron chi connectivity index (χ0n) is 7.80. The molecule has 2 N–H and O–H groups in total. The van der Waals surface area contributed by atoms with Crippen molar-refractivity contribution in [1.82, 2.24) is 14.9 Å². The number of imidazole rings is 1. The number of rotatable bonds is 4. The van der Waals surface area contributed by atoms with Crippen molar-refractivity contribution in [3.8, 4) is 12.3 Å². The minimum Gasteiger partial charge on any atom is -0.480 e. The van der Waals surface area contributed by atoms with Gasteiger partial charge in [-0.25, -0.2) is 4.98 Å². The lowest BCUT2D eigenvalue weighted by Gasteiger charge is -2.16. The maximum atomic E-state index is 11.6. The molecular weight excluding hydrogens is 198 g/mol. The number of carbonyl (C=O) groups is 2. The Balaban J connectivity index is 2.76. The standard InChI is InChI=1S/C9H9N3O3/c1-2-3-12(5-8(13)14)9(15)7-4-10-6-11-7/h1,4,6H,3,5H2,(H,10,11)(H,13,14). The van der Waals surface area contributed by atoms with Gasteiger partial charge in [0.25, 0.3) is 5.91 Å². The van der Waals surface area contributed by atoms with Crippen molar-refractivity contribution in [2.24, 2.45) is 0 Å². The zero-order chi connectivity index (χ0) is 11.3. The summed E-state index contributed by atoms with van der Waals surface area (Å²) in [5.41, 5.74) is 0.214. The number of amides is 1. The molecule has 0 fully saturated rings. The molecule has 1 amide bonds. The average molecular weight is 207 g/mol. The SMILES string of the molecule is C#CCN(CC(=O)O)C(=O)c1cnc[nH]1. The van der Waals surface area contributed by atoms with Gasteiger partial charge in [-0.2, -0.15) is 0 Å². The number of aromatic nitrogens is 2. The van der Waals surface area contributed by atoms with E-state index >= 15 is 0 Å². The van der Waals surface area contributed by atoms with Crippen LogP contribution in [0.5, 0.6) is 0 Å². The molecule has 78 valence electrons. The molecule has 1 aromatic heterocycles. The van der Waals surface area contributed by atoms with Crippen LogP contribution in [-0.4, -0.2) is 44.9 Å². The van der Waals surface area contributed by atoms with Crippen LogP contribution in [0, 0.1) is 12.3 Å². The van der Waals surface area contributed by atoms with E-state index in [2.05, 4.69) is 15.9 Å². The Labute approximate surface area is 85.9 Å². The number of hydrogen-bond acceptors (Lipinski definition) is 3. The van der Waals surface area contributed by atoms with Crippen molar-refractivity contribution in [2.75, 3.05) is 13.1 Å². The lowest BCUT2D eigenvalue weighted by molar-refractivity contribution is -0.137. The molecule has 0 atom stereocenters. The number of aliphatic carboxylic acids is 1. The highest BCUT2D eigenvalue weighted by molar-refractivity contribution is 5.94. The molecule has 6 nitrogen and oxygen atoms in total. The fourth-order valence-electron chi connectivity index (χ4n) is 1.02. The Hall–Kier alpha value is -2.29. The van der Waals surface area contributed by atoms with Gasteiger partial charge in [-0.1, -0.05) is 5.92 Å². The first kappa shape index (κ1) is 10.8. The van der Waals surface area contributed by atoms with Gasteiger partial charge in [0, 0.05) is 0 Å². The van der Waals surface area contributed by atoms with Gasteiger partial charge in [0.1, 0.15) is 12.2 Å². The van der Waals surface area contributed by atoms with Gasteiger partial charge < -0.3 is 15.0 Å². The molecule has 1 rings (SSSR count). The van der Waals surface area contributed by atoms with E-state index in [4.69, 9.17) is 11.5 Å². The number of carbonyl (C=O) groups excluding carboxylic acids is 1. The minimum atomic E-state index is -1.11. The molecule has 0 bridgehead atoms. The van der Waals surface area contributed by atoms with Crippen LogP contribution in [0.2, 0.25) is 0 Å². The molecule has 0 spiro atoms. The predicted molar refractivity (Wildman–Crippen MR) is 51.0 cm³/mol. The van der Waals surface area contributed by atoms with Crippen LogP contribution in [0.15, 0.2) is 12.5 Å². The first-order valence-corrected chi connectivity index (χ1v) is 4.08. The number of terminal acetylenes is 1. The van der Waals surface area contributed by atoms with Crippen LogP contribution in [-0.2, 0) is 4.79 Å². The minimum absolute atomic E-state index is 0.0514. The van der Waals surface area contributed by atoms with Crippen molar-refractivity contribution in [3.63, 3.8) is 0 Å². The molecule has 0 aliphatic rings. The number of hydrogen-bond donors (Lipinski definition) is 2. The summed E-state index contributed by atoms with van der Waals surface area (Å²) >= 11 is 0. The first-order chi connectivity index (χ1) is 7.15. The van der Waals surface area contributed by atoms with E-state index in [1.165, 1.54) is 12.5 Å². The Morgan fingerprint density at radius 2 is 2.40 bits per heavy atom. The van der Waals surface area contributed by atoms with Crippen molar-refractivity contribution in [2.45, 2.75) is 0 Å². The average Bonchev–Trinajstić information content (AvgIpc) is 2.68. The normalized spacial score (nSPS) is 9.27. The Bertz CT molecular complexity index is 391. The van der Waals surface area contributed by atoms with E-state index in [9.17, 15) is 9.59 Å². The molecular formula is C9H9N3O3. The highest BCUT2D eigenvalue weighted by Crippen LogP contribution is 1.99. The zero-order valence-corrected chi connectivity index (χ0v) is 7.80. The Morgan fingerprint density at radius 3 is 2.87 bits per heavy atom. The van der Waals surface area contributed by atoms with Gasteiger partial charge in [-0.3, -0.25) is 9.59 Å². The van der Waals surface area contributed by atoms with Crippen LogP contribution < -0.4 is 0 Å². The van der Waals surface area contributed by atoms with Crippen LogP contribution in [0.1, 0.15) is 10.5 Å². The van der Waals surface area contributed by atoms with Gasteiger partial charge in [0.2, 0.25) is 0 Å². The maximum absolute atomic E-state index is 11.6. The quantitative estimate of drug-likeness (QED) is 0.656. The number of H-pyrrole nitrogens is 1. The molecule has 0 radical (unpaired) electrons. The fourth-order valence-corrected chi connectivity index (χ4v) is 1.02. The van der Waals surface area contributed by atoms with E-state index in [0.717, 1.165) is 4.90 Å². The van der Waals surface area contributed by atoms with Gasteiger partial charge in [0.05, 0.1) is 19.1 Å². The number of nitrogens with zero attached hydrogens (tertiary/aromatic N) is 2. The Morgan fingerprint density at radius 1 is 1.67 bits per heavy atom. The molecule has 15 heavy (non-hydrogen) atoms. The summed E-state index contributed by atoms with van der Waals surface area (Å²) in [5.74, 6) is 0.632. The summed E-state index contributed by atoms with van der Waals surface area (Å²) in [5, 5.41) is 8.57. The molecule has 1 heterocycles. The molecule has 0 aliphatic carbocycles. The van der Waals surface area contributed by atoms with Crippen LogP contribution in [0.4, 0.5) is 0 Å². The fraction of sp³-hybridized carbons (Fsp3) is 0.222. The third kappa shape index (κ3) is 2.84. The van der Waals surface area contributed by atoms with E-state index in [0.29, 0.717) is 0 Å². The second kappa shape index (κ2) is 4.81. The third-order valence-corrected chi connectivity index (χ3v) is 1.62. The summed E-state index contributed by atoms with van der Waals surface area (Å²) in [4.78, 5) is 29.4. The van der Waals surface area contributed by atoms with E-state index in [-0.39, 0.29) is 12.2 Å². The molecule has 0 aromatic carbocycles. The summed E-state index contributed by atoms with van der Waals surface area (Å²) < 4.78 is 0. The lowest BCUT2D eigenvalue weighted by Crippen LogP contribution is -2.36. The van der Waals surface area contributed by atoms with E-state index in [1.54, 1.807) is 0 Å². The van der Waals surface area contributed by atoms with Gasteiger partial charge in [-0.15, -0.1) is 6.42 Å². The highest BCUT2D eigenvalue weighted by atomic mass is 16.4. The predicted octanol–water partition coefficient (Wildman–Crippen LogP) is -0.430. The first-order valence-electron chi connectivity index (χ1n) is 4.08. The van der Waals surface area contributed by atoms with Crippen LogP contribution >= 0.6 is 0 Å². The molecule has 0 aliphatic heterocycles. The van der Waals surface area contributed by atoms with Crippen molar-refractivity contribution in [3.05, 3.63) is 18.2 Å². The lowest BCUT2D eigenvalue weighted by atomic mass is 10.3. The number of carboxylic acids is 1. The largest absolute Gasteiger partial charge is 0.480 e. The second-order valence-electron chi connectivity index (χ2n) is 2.72. The molecule has 0 saturated carbocycles. The third-order valence-electron chi connectivity index (χ3n) is 1.62. The van der Waals surface area contributed by atoms with Gasteiger partial charge in [-0.05, 0) is 0 Å². The monoisotopic (exact) mass is 207 g/mol. The van der Waals surface area contributed by atoms with Gasteiger partial charge in [0.15, 0.2) is 0 Å². The topological polar surface area (TPSA) is 86.3 Å². The molecule has 0 unspecified atom stereocenters. The smallest absolute Gasteiger partial charge is 0.323 e. The summed E-state index contributed by atoms with van der Waals surface area (Å²) in [6, 6.07) is 0. The van der Waals surface area contributed by atoms with E-state index < -0.39 is 18.4 Å². The highest BCUT2D eigenvalue weighted by Gasteiger charge is 2.18. The second-order valence-corrected chi connectivity index (χ2v) is 2.72. The summed E-state index contributed by atoms with van der Waals surface area (Å²) in [6.45, 7) is -0.480. The van der Waals surface area contributed by atoms with Crippen molar-refractivity contribution >= 4 is 11.9 Å². The number of aromatic amines is 1. The maximum Gasteiger partial charge on any atom is 0.323 e. The van der Waals surface area contributed by atoms with Crippen molar-refractivity contribution < 1.29 is 14.7 Å². The van der Waals surface area contributed by atoms with E-state index in [1.807, 2.05) is 0 Å². The van der Waals surface area contributed by atoms with Crippen LogP contribution in [0.3, 0.4) is 0 Å². The molecule has 1 aromatic rings. The van der Waals surface area contributed by atoms with Crippen molar-refractivity contribution in [1.29, 1.82) is 0 Å². The van der Waals surface area contributed by atoms with Gasteiger partial charge >= 0.3 is 5.97 Å². The summed E-state index contributed by atoms with van der Waals surface area (Å²) in [7, 11) is 0. The number of nitrogens with one attached hydrogen (secondary N) is 1.